The Morgan fingerprint density at radius 1 is 1.04 bits per heavy atom. The summed E-state index contributed by atoms with van der Waals surface area (Å²) in [7, 11) is 3.07. The van der Waals surface area contributed by atoms with Gasteiger partial charge in [-0.1, -0.05) is 6.07 Å². The van der Waals surface area contributed by atoms with Crippen molar-refractivity contribution in [1.82, 2.24) is 0 Å². The van der Waals surface area contributed by atoms with E-state index in [9.17, 15) is 4.79 Å². The molecule has 0 unspecified atom stereocenters. The van der Waals surface area contributed by atoms with E-state index in [0.29, 0.717) is 17.2 Å². The molecule has 6 heteroatoms. The standard InChI is InChI=1S/C17H19NO4S/c1-20-14-5-4-6-15(21-2)17(14)22-11-16(19)18-12-7-9-13(23-3)10-8-12/h4-10H,11H2,1-3H3,(H,18,19). The highest BCUT2D eigenvalue weighted by molar-refractivity contribution is 7.98. The van der Waals surface area contributed by atoms with Crippen molar-refractivity contribution in [2.24, 2.45) is 0 Å². The van der Waals surface area contributed by atoms with E-state index in [0.717, 1.165) is 10.6 Å². The largest absolute Gasteiger partial charge is 0.493 e. The minimum Gasteiger partial charge on any atom is -0.493 e. The molecule has 1 amide bonds. The number of carbonyl (C=O) groups is 1. The molecule has 0 saturated heterocycles. The van der Waals surface area contributed by atoms with Gasteiger partial charge in [-0.25, -0.2) is 0 Å². The normalized spacial score (nSPS) is 10.0. The molecule has 0 aliphatic carbocycles. The van der Waals surface area contributed by atoms with E-state index >= 15 is 0 Å². The molecule has 0 spiro atoms. The van der Waals surface area contributed by atoms with E-state index < -0.39 is 0 Å². The Morgan fingerprint density at radius 2 is 1.65 bits per heavy atom. The second-order valence-electron chi connectivity index (χ2n) is 4.56. The van der Waals surface area contributed by atoms with Crippen LogP contribution in [-0.4, -0.2) is 33.0 Å². The Hall–Kier alpha value is -2.34. The lowest BCUT2D eigenvalue weighted by Gasteiger charge is -2.14. The Bertz CT molecular complexity index is 636. The molecule has 0 aromatic heterocycles. The minimum atomic E-state index is -0.255. The van der Waals surface area contributed by atoms with E-state index in [1.165, 1.54) is 14.2 Å². The van der Waals surface area contributed by atoms with Gasteiger partial charge in [0.05, 0.1) is 14.2 Å². The van der Waals surface area contributed by atoms with Crippen LogP contribution in [0.4, 0.5) is 5.69 Å². The second kappa shape index (κ2) is 8.33. The van der Waals surface area contributed by atoms with Crippen molar-refractivity contribution in [3.05, 3.63) is 42.5 Å². The Balaban J connectivity index is 1.98. The molecule has 0 saturated carbocycles. The highest BCUT2D eigenvalue weighted by atomic mass is 32.2. The molecule has 5 nitrogen and oxygen atoms in total. The van der Waals surface area contributed by atoms with Gasteiger partial charge in [0.1, 0.15) is 0 Å². The molecule has 0 radical (unpaired) electrons. The molecule has 0 aliphatic heterocycles. The van der Waals surface area contributed by atoms with Crippen LogP contribution in [-0.2, 0) is 4.79 Å². The molecule has 1 N–H and O–H groups in total. The number of rotatable bonds is 7. The average Bonchev–Trinajstić information content (AvgIpc) is 2.60. The van der Waals surface area contributed by atoms with E-state index in [4.69, 9.17) is 14.2 Å². The van der Waals surface area contributed by atoms with Gasteiger partial charge in [0.2, 0.25) is 5.75 Å². The number of para-hydroxylation sites is 1. The predicted molar refractivity (Wildman–Crippen MR) is 91.9 cm³/mol. The number of hydrogen-bond acceptors (Lipinski definition) is 5. The summed E-state index contributed by atoms with van der Waals surface area (Å²) in [4.78, 5) is 13.2. The summed E-state index contributed by atoms with van der Waals surface area (Å²) in [5.41, 5.74) is 0.725. The fraction of sp³-hybridized carbons (Fsp3) is 0.235. The molecule has 122 valence electrons. The van der Waals surface area contributed by atoms with Crippen LogP contribution >= 0.6 is 11.8 Å². The van der Waals surface area contributed by atoms with Gasteiger partial charge in [-0.15, -0.1) is 11.8 Å². The highest BCUT2D eigenvalue weighted by Gasteiger charge is 2.13. The third kappa shape index (κ3) is 4.56. The fourth-order valence-corrected chi connectivity index (χ4v) is 2.38. The second-order valence-corrected chi connectivity index (χ2v) is 5.44. The Labute approximate surface area is 139 Å². The lowest BCUT2D eigenvalue weighted by molar-refractivity contribution is -0.118. The molecule has 0 heterocycles. The third-order valence-electron chi connectivity index (χ3n) is 3.10. The summed E-state index contributed by atoms with van der Waals surface area (Å²) in [5, 5.41) is 2.78. The van der Waals surface area contributed by atoms with E-state index in [1.54, 1.807) is 30.0 Å². The van der Waals surface area contributed by atoms with E-state index in [2.05, 4.69) is 5.32 Å². The first-order chi connectivity index (χ1) is 11.2. The van der Waals surface area contributed by atoms with Crippen molar-refractivity contribution < 1.29 is 19.0 Å². The van der Waals surface area contributed by atoms with E-state index in [-0.39, 0.29) is 12.5 Å². The van der Waals surface area contributed by atoms with Crippen LogP contribution in [0.5, 0.6) is 17.2 Å². The monoisotopic (exact) mass is 333 g/mol. The number of hydrogen-bond donors (Lipinski definition) is 1. The number of methoxy groups -OCH3 is 2. The fourth-order valence-electron chi connectivity index (χ4n) is 1.97. The van der Waals surface area contributed by atoms with Crippen molar-refractivity contribution in [2.45, 2.75) is 4.90 Å². The summed E-state index contributed by atoms with van der Waals surface area (Å²) in [6.07, 6.45) is 2.00. The zero-order valence-electron chi connectivity index (χ0n) is 13.3. The van der Waals surface area contributed by atoms with Crippen molar-refractivity contribution in [3.63, 3.8) is 0 Å². The number of amides is 1. The summed E-state index contributed by atoms with van der Waals surface area (Å²) in [6.45, 7) is -0.138. The summed E-state index contributed by atoms with van der Waals surface area (Å²) in [5.74, 6) is 1.18. The maximum Gasteiger partial charge on any atom is 0.262 e. The smallest absolute Gasteiger partial charge is 0.262 e. The molecule has 2 aromatic rings. The van der Waals surface area contributed by atoms with Crippen molar-refractivity contribution in [3.8, 4) is 17.2 Å². The molecule has 2 rings (SSSR count). The maximum absolute atomic E-state index is 12.0. The van der Waals surface area contributed by atoms with Gasteiger partial charge in [0.15, 0.2) is 18.1 Å². The number of benzene rings is 2. The van der Waals surface area contributed by atoms with Crippen molar-refractivity contribution >= 4 is 23.4 Å². The van der Waals surface area contributed by atoms with E-state index in [1.807, 2.05) is 30.5 Å². The lowest BCUT2D eigenvalue weighted by Crippen LogP contribution is -2.20. The van der Waals surface area contributed by atoms with Crippen LogP contribution in [0.1, 0.15) is 0 Å². The van der Waals surface area contributed by atoms with Crippen LogP contribution in [0.25, 0.3) is 0 Å². The van der Waals surface area contributed by atoms with Gasteiger partial charge in [0, 0.05) is 10.6 Å². The molecule has 2 aromatic carbocycles. The minimum absolute atomic E-state index is 0.138. The van der Waals surface area contributed by atoms with Gasteiger partial charge >= 0.3 is 0 Å². The zero-order chi connectivity index (χ0) is 16.7. The molecule has 0 bridgehead atoms. The average molecular weight is 333 g/mol. The first kappa shape index (κ1) is 17.0. The summed E-state index contributed by atoms with van der Waals surface area (Å²) < 4.78 is 16.0. The number of anilines is 1. The molecule has 0 fully saturated rings. The van der Waals surface area contributed by atoms with Crippen LogP contribution in [0, 0.1) is 0 Å². The number of ether oxygens (including phenoxy) is 3. The third-order valence-corrected chi connectivity index (χ3v) is 3.85. The van der Waals surface area contributed by atoms with Crippen LogP contribution in [0.2, 0.25) is 0 Å². The summed E-state index contributed by atoms with van der Waals surface area (Å²) >= 11 is 1.65. The number of thioether (sulfide) groups is 1. The quantitative estimate of drug-likeness (QED) is 0.787. The topological polar surface area (TPSA) is 56.8 Å². The SMILES string of the molecule is COc1cccc(OC)c1OCC(=O)Nc1ccc(SC)cc1. The number of carbonyl (C=O) groups excluding carboxylic acids is 1. The van der Waals surface area contributed by atoms with Crippen LogP contribution in [0.3, 0.4) is 0 Å². The maximum atomic E-state index is 12.0. The first-order valence-corrected chi connectivity index (χ1v) is 8.18. The van der Waals surface area contributed by atoms with Gasteiger partial charge in [-0.05, 0) is 42.7 Å². The van der Waals surface area contributed by atoms with Crippen molar-refractivity contribution in [2.75, 3.05) is 32.4 Å². The lowest BCUT2D eigenvalue weighted by atomic mass is 10.3. The van der Waals surface area contributed by atoms with Gasteiger partial charge in [-0.3, -0.25) is 4.79 Å². The van der Waals surface area contributed by atoms with Crippen molar-refractivity contribution in [1.29, 1.82) is 0 Å². The number of nitrogens with one attached hydrogen (secondary N) is 1. The molecule has 0 aliphatic rings. The summed E-state index contributed by atoms with van der Waals surface area (Å²) in [6, 6.07) is 12.9. The highest BCUT2D eigenvalue weighted by Crippen LogP contribution is 2.36. The molecule has 0 atom stereocenters. The van der Waals surface area contributed by atoms with Crippen LogP contribution in [0.15, 0.2) is 47.4 Å². The molecular formula is C17H19NO4S. The Kier molecular flexibility index (Phi) is 6.17. The van der Waals surface area contributed by atoms with Gasteiger partial charge in [-0.2, -0.15) is 0 Å². The molecular weight excluding hydrogens is 314 g/mol. The van der Waals surface area contributed by atoms with Crippen LogP contribution < -0.4 is 19.5 Å². The van der Waals surface area contributed by atoms with Gasteiger partial charge < -0.3 is 19.5 Å². The first-order valence-electron chi connectivity index (χ1n) is 6.95. The zero-order valence-corrected chi connectivity index (χ0v) is 14.1. The molecule has 23 heavy (non-hydrogen) atoms. The van der Waals surface area contributed by atoms with Gasteiger partial charge in [0.25, 0.3) is 5.91 Å². The Morgan fingerprint density at radius 3 is 2.17 bits per heavy atom. The predicted octanol–water partition coefficient (Wildman–Crippen LogP) is 3.44.